The number of hydrogen-bond donors (Lipinski definition) is 0. The molecule has 0 radical (unpaired) electrons. The highest BCUT2D eigenvalue weighted by molar-refractivity contribution is 7.26. The summed E-state index contributed by atoms with van der Waals surface area (Å²) in [4.78, 5) is 2.49. The molecule has 0 saturated heterocycles. The first-order valence-electron chi connectivity index (χ1n) is 18.0. The van der Waals surface area contributed by atoms with Crippen molar-refractivity contribution < 1.29 is 4.42 Å². The van der Waals surface area contributed by atoms with Gasteiger partial charge in [-0.3, -0.25) is 0 Å². The summed E-state index contributed by atoms with van der Waals surface area (Å²) in [5.74, 6) is 0. The minimum absolute atomic E-state index is 0.865. The van der Waals surface area contributed by atoms with Gasteiger partial charge in [0.05, 0.1) is 11.4 Å². The predicted octanol–water partition coefficient (Wildman–Crippen LogP) is 15.1. The van der Waals surface area contributed by atoms with Crippen molar-refractivity contribution in [1.82, 2.24) is 0 Å². The van der Waals surface area contributed by atoms with E-state index in [1.807, 2.05) is 17.4 Å². The maximum absolute atomic E-state index is 6.57. The summed E-state index contributed by atoms with van der Waals surface area (Å²) in [6.07, 6.45) is 0. The third-order valence-corrected chi connectivity index (χ3v) is 11.9. The number of rotatable bonds is 5. The summed E-state index contributed by atoms with van der Waals surface area (Å²) in [5, 5.41) is 9.67. The van der Waals surface area contributed by atoms with E-state index in [-0.39, 0.29) is 0 Å². The molecule has 2 nitrogen and oxygen atoms in total. The van der Waals surface area contributed by atoms with Crippen molar-refractivity contribution in [2.75, 3.05) is 4.90 Å². The fourth-order valence-electron chi connectivity index (χ4n) is 8.35. The van der Waals surface area contributed by atoms with Gasteiger partial charge in [-0.1, -0.05) is 152 Å². The summed E-state index contributed by atoms with van der Waals surface area (Å²) in [6, 6.07) is 68.0. The van der Waals surface area contributed by atoms with Gasteiger partial charge in [0.2, 0.25) is 0 Å². The maximum Gasteiger partial charge on any atom is 0.137 e. The molecule has 0 aliphatic rings. The lowest BCUT2D eigenvalue weighted by atomic mass is 9.89. The number of furan rings is 1. The maximum atomic E-state index is 6.57. The van der Waals surface area contributed by atoms with Crippen LogP contribution in [-0.4, -0.2) is 0 Å². The first-order chi connectivity index (χ1) is 26.3. The van der Waals surface area contributed by atoms with Crippen LogP contribution in [0.2, 0.25) is 0 Å². The minimum Gasteiger partial charge on any atom is -0.456 e. The Morgan fingerprint density at radius 2 is 1.00 bits per heavy atom. The van der Waals surface area contributed by atoms with Gasteiger partial charge in [0.15, 0.2) is 0 Å². The van der Waals surface area contributed by atoms with Gasteiger partial charge in [0.1, 0.15) is 11.2 Å². The van der Waals surface area contributed by atoms with Crippen molar-refractivity contribution >= 4 is 92.1 Å². The summed E-state index contributed by atoms with van der Waals surface area (Å²) in [6.45, 7) is 0. The summed E-state index contributed by atoms with van der Waals surface area (Å²) < 4.78 is 9.16. The van der Waals surface area contributed by atoms with Crippen molar-refractivity contribution in [2.45, 2.75) is 0 Å². The number of para-hydroxylation sites is 2. The Hall–Kier alpha value is -6.68. The lowest BCUT2D eigenvalue weighted by molar-refractivity contribution is 0.669. The topological polar surface area (TPSA) is 16.4 Å². The highest BCUT2D eigenvalue weighted by Crippen LogP contribution is 2.52. The van der Waals surface area contributed by atoms with Gasteiger partial charge in [0.25, 0.3) is 0 Å². The molecule has 0 spiro atoms. The molecule has 2 heterocycles. The molecule has 3 heteroatoms. The van der Waals surface area contributed by atoms with E-state index in [9.17, 15) is 0 Å². The third kappa shape index (κ3) is 4.64. The summed E-state index contributed by atoms with van der Waals surface area (Å²) in [5.41, 5.74) is 9.79. The van der Waals surface area contributed by atoms with E-state index in [0.717, 1.165) is 39.0 Å². The van der Waals surface area contributed by atoms with E-state index in [4.69, 9.17) is 4.42 Å². The molecule has 248 valence electrons. The smallest absolute Gasteiger partial charge is 0.137 e. The molecule has 2 aromatic heterocycles. The van der Waals surface area contributed by atoms with Crippen molar-refractivity contribution in [3.8, 4) is 22.3 Å². The van der Waals surface area contributed by atoms with E-state index in [1.165, 1.54) is 64.0 Å². The zero-order valence-corrected chi connectivity index (χ0v) is 29.5. The Morgan fingerprint density at radius 3 is 1.85 bits per heavy atom. The number of benzene rings is 9. The van der Waals surface area contributed by atoms with E-state index in [2.05, 4.69) is 187 Å². The molecular formula is C50H31NOS. The zero-order chi connectivity index (χ0) is 34.9. The Kier molecular flexibility index (Phi) is 6.76. The molecule has 11 rings (SSSR count). The molecule has 0 bridgehead atoms. The monoisotopic (exact) mass is 693 g/mol. The standard InChI is InChI=1S/C50H31NOS/c1-2-15-32(16-3-1)48-40-22-6-4-17-34(40)35-18-5-7-23-41(35)49(48)51(33-29-30-38-37-20-9-12-27-45(37)52-46(38)31-33)44-26-11-8-19-36(44)42-24-14-25-43-39-21-10-13-28-47(39)53-50(42)43/h1-31H. The summed E-state index contributed by atoms with van der Waals surface area (Å²) >= 11 is 1.87. The van der Waals surface area contributed by atoms with Crippen LogP contribution in [0.5, 0.6) is 0 Å². The van der Waals surface area contributed by atoms with Gasteiger partial charge in [-0.15, -0.1) is 11.3 Å². The summed E-state index contributed by atoms with van der Waals surface area (Å²) in [7, 11) is 0. The van der Waals surface area contributed by atoms with Crippen LogP contribution in [0.3, 0.4) is 0 Å². The zero-order valence-electron chi connectivity index (χ0n) is 28.7. The number of anilines is 3. The second-order valence-electron chi connectivity index (χ2n) is 13.6. The Morgan fingerprint density at radius 1 is 0.396 bits per heavy atom. The van der Waals surface area contributed by atoms with E-state index >= 15 is 0 Å². The number of thiophene rings is 1. The molecule has 11 aromatic rings. The lowest BCUT2D eigenvalue weighted by Gasteiger charge is -2.32. The molecule has 53 heavy (non-hydrogen) atoms. The van der Waals surface area contributed by atoms with Gasteiger partial charge in [-0.05, 0) is 52.1 Å². The van der Waals surface area contributed by atoms with Crippen LogP contribution in [-0.2, 0) is 0 Å². The molecule has 0 saturated carbocycles. The number of hydrogen-bond acceptors (Lipinski definition) is 3. The Labute approximate surface area is 310 Å². The molecule has 0 atom stereocenters. The fraction of sp³-hybridized carbons (Fsp3) is 0. The van der Waals surface area contributed by atoms with E-state index < -0.39 is 0 Å². The van der Waals surface area contributed by atoms with Crippen LogP contribution >= 0.6 is 11.3 Å². The molecule has 0 aliphatic carbocycles. The molecule has 0 aliphatic heterocycles. The first-order valence-corrected chi connectivity index (χ1v) is 18.8. The molecule has 0 fully saturated rings. The quantitative estimate of drug-likeness (QED) is 0.167. The van der Waals surface area contributed by atoms with Gasteiger partial charge >= 0.3 is 0 Å². The van der Waals surface area contributed by atoms with Crippen molar-refractivity contribution in [3.63, 3.8) is 0 Å². The van der Waals surface area contributed by atoms with Gasteiger partial charge in [0, 0.05) is 64.8 Å². The van der Waals surface area contributed by atoms with Crippen LogP contribution in [0.15, 0.2) is 192 Å². The molecule has 9 aromatic carbocycles. The average Bonchev–Trinajstić information content (AvgIpc) is 3.80. The van der Waals surface area contributed by atoms with Gasteiger partial charge in [-0.25, -0.2) is 0 Å². The minimum atomic E-state index is 0.865. The molecular weight excluding hydrogens is 663 g/mol. The Bertz CT molecular complexity index is 3190. The van der Waals surface area contributed by atoms with Crippen LogP contribution in [0, 0.1) is 0 Å². The Balaban J connectivity index is 1.29. The third-order valence-electron chi connectivity index (χ3n) is 10.7. The largest absolute Gasteiger partial charge is 0.456 e. The van der Waals surface area contributed by atoms with E-state index in [1.54, 1.807) is 0 Å². The van der Waals surface area contributed by atoms with Crippen molar-refractivity contribution in [2.24, 2.45) is 0 Å². The van der Waals surface area contributed by atoms with Crippen molar-refractivity contribution in [3.05, 3.63) is 188 Å². The predicted molar refractivity (Wildman–Crippen MR) is 227 cm³/mol. The first kappa shape index (κ1) is 30.0. The van der Waals surface area contributed by atoms with Crippen molar-refractivity contribution in [1.29, 1.82) is 0 Å². The molecule has 0 N–H and O–H groups in total. The highest BCUT2D eigenvalue weighted by atomic mass is 32.1. The average molecular weight is 694 g/mol. The SMILES string of the molecule is c1ccc(-c2c(N(c3ccc4c(c3)oc3ccccc34)c3ccccc3-c3cccc4c3sc3ccccc34)c3ccccc3c3ccccc23)cc1. The second kappa shape index (κ2) is 11.9. The molecule has 0 unspecified atom stereocenters. The molecule has 0 amide bonds. The fourth-order valence-corrected chi connectivity index (χ4v) is 9.58. The van der Waals surface area contributed by atoms with Crippen LogP contribution in [0.4, 0.5) is 17.1 Å². The lowest BCUT2D eigenvalue weighted by Crippen LogP contribution is -2.13. The van der Waals surface area contributed by atoms with Crippen LogP contribution in [0.1, 0.15) is 0 Å². The van der Waals surface area contributed by atoms with Gasteiger partial charge < -0.3 is 9.32 Å². The van der Waals surface area contributed by atoms with E-state index in [0.29, 0.717) is 0 Å². The number of nitrogens with zero attached hydrogens (tertiary/aromatic N) is 1. The van der Waals surface area contributed by atoms with Crippen LogP contribution in [0.25, 0.3) is 85.9 Å². The van der Waals surface area contributed by atoms with Gasteiger partial charge in [-0.2, -0.15) is 0 Å². The van der Waals surface area contributed by atoms with Crippen LogP contribution < -0.4 is 4.90 Å². The normalized spacial score (nSPS) is 11.8. The highest BCUT2D eigenvalue weighted by Gasteiger charge is 2.26. The number of fused-ring (bicyclic) bond motifs is 9. The second-order valence-corrected chi connectivity index (χ2v) is 14.6.